The highest BCUT2D eigenvalue weighted by molar-refractivity contribution is 5.71. The Morgan fingerprint density at radius 2 is 0.500 bits per heavy atom. The van der Waals surface area contributed by atoms with Crippen LogP contribution in [0.3, 0.4) is 0 Å². The van der Waals surface area contributed by atoms with E-state index in [4.69, 9.17) is 14.2 Å². The third-order valence-corrected chi connectivity index (χ3v) is 13.7. The first kappa shape index (κ1) is 69.1. The Labute approximate surface area is 447 Å². The summed E-state index contributed by atoms with van der Waals surface area (Å²) in [7, 11) is 0. The van der Waals surface area contributed by atoms with Crippen LogP contribution >= 0.6 is 0 Å². The summed E-state index contributed by atoms with van der Waals surface area (Å²) in [4.78, 5) is 38.1. The van der Waals surface area contributed by atoms with Gasteiger partial charge >= 0.3 is 17.9 Å². The van der Waals surface area contributed by atoms with Crippen molar-refractivity contribution in [3.8, 4) is 0 Å². The van der Waals surface area contributed by atoms with Gasteiger partial charge in [0.05, 0.1) is 0 Å². The summed E-state index contributed by atoms with van der Waals surface area (Å²) in [6, 6.07) is 0. The van der Waals surface area contributed by atoms with E-state index in [0.717, 1.165) is 83.5 Å². The summed E-state index contributed by atoms with van der Waals surface area (Å²) >= 11 is 0. The molecule has 0 aromatic heterocycles. The molecule has 0 amide bonds. The van der Waals surface area contributed by atoms with Gasteiger partial charge in [0, 0.05) is 19.3 Å². The molecular weight excluding hydrogens is 889 g/mol. The first-order chi connectivity index (χ1) is 35.5. The molecule has 0 aliphatic heterocycles. The molecule has 0 heterocycles. The van der Waals surface area contributed by atoms with Crippen LogP contribution in [0.2, 0.25) is 0 Å². The first-order valence-corrected chi connectivity index (χ1v) is 31.3. The van der Waals surface area contributed by atoms with Crippen LogP contribution in [0.25, 0.3) is 0 Å². The molecule has 6 heteroatoms. The molecule has 0 aliphatic carbocycles. The SMILES string of the molecule is CCCCCCC/C=C\C/C=C\C/C=C\CCCCCCCCCCC(=O)OCC(COC(=O)CCCCCCCCCC)OC(=O)CCCCCCCCCCCCC/C=C\C/C=C\CCCCCCC. The Bertz CT molecular complexity index is 1290. The van der Waals surface area contributed by atoms with Crippen LogP contribution in [0, 0.1) is 0 Å². The minimum Gasteiger partial charge on any atom is -0.462 e. The Kier molecular flexibility index (Phi) is 58.2. The minimum absolute atomic E-state index is 0.0752. The smallest absolute Gasteiger partial charge is 0.306 e. The first-order valence-electron chi connectivity index (χ1n) is 31.3. The summed E-state index contributed by atoms with van der Waals surface area (Å²) in [5.74, 6) is -0.875. The zero-order chi connectivity index (χ0) is 52.2. The van der Waals surface area contributed by atoms with Crippen molar-refractivity contribution in [2.45, 2.75) is 329 Å². The van der Waals surface area contributed by atoms with Crippen molar-refractivity contribution in [3.63, 3.8) is 0 Å². The van der Waals surface area contributed by atoms with Gasteiger partial charge in [0.15, 0.2) is 6.10 Å². The molecule has 0 aromatic carbocycles. The van der Waals surface area contributed by atoms with Crippen molar-refractivity contribution in [3.05, 3.63) is 60.8 Å². The van der Waals surface area contributed by atoms with Crippen LogP contribution in [-0.4, -0.2) is 37.2 Å². The number of unbranched alkanes of at least 4 members (excludes halogenated alkanes) is 36. The summed E-state index contributed by atoms with van der Waals surface area (Å²) in [6.07, 6.45) is 76.6. The maximum Gasteiger partial charge on any atom is 0.306 e. The summed E-state index contributed by atoms with van der Waals surface area (Å²) in [5.41, 5.74) is 0. The molecule has 0 rings (SSSR count). The normalized spacial score (nSPS) is 12.4. The van der Waals surface area contributed by atoms with E-state index in [2.05, 4.69) is 81.5 Å². The lowest BCUT2D eigenvalue weighted by Crippen LogP contribution is -2.30. The largest absolute Gasteiger partial charge is 0.462 e. The molecule has 0 bridgehead atoms. The van der Waals surface area contributed by atoms with Gasteiger partial charge in [-0.3, -0.25) is 14.4 Å². The zero-order valence-corrected chi connectivity index (χ0v) is 47.9. The molecule has 0 saturated carbocycles. The second-order valence-corrected chi connectivity index (χ2v) is 21.0. The van der Waals surface area contributed by atoms with Crippen LogP contribution in [0.15, 0.2) is 60.8 Å². The Morgan fingerprint density at radius 1 is 0.278 bits per heavy atom. The number of rotatable bonds is 57. The van der Waals surface area contributed by atoms with Gasteiger partial charge in [0.1, 0.15) is 13.2 Å². The van der Waals surface area contributed by atoms with E-state index in [0.29, 0.717) is 19.3 Å². The number of ether oxygens (including phenoxy) is 3. The predicted octanol–water partition coefficient (Wildman–Crippen LogP) is 21.2. The van der Waals surface area contributed by atoms with E-state index in [-0.39, 0.29) is 31.1 Å². The van der Waals surface area contributed by atoms with Gasteiger partial charge in [-0.2, -0.15) is 0 Å². The monoisotopic (exact) mass is 1010 g/mol. The molecule has 0 fully saturated rings. The lowest BCUT2D eigenvalue weighted by atomic mass is 10.0. The second kappa shape index (κ2) is 60.7. The van der Waals surface area contributed by atoms with Gasteiger partial charge in [0.25, 0.3) is 0 Å². The van der Waals surface area contributed by atoms with Crippen molar-refractivity contribution in [1.82, 2.24) is 0 Å². The van der Waals surface area contributed by atoms with E-state index in [9.17, 15) is 14.4 Å². The third kappa shape index (κ3) is 58.0. The minimum atomic E-state index is -0.776. The predicted molar refractivity (Wildman–Crippen MR) is 312 cm³/mol. The van der Waals surface area contributed by atoms with Gasteiger partial charge in [-0.25, -0.2) is 0 Å². The molecule has 0 aromatic rings. The van der Waals surface area contributed by atoms with E-state index in [1.165, 1.54) is 199 Å². The van der Waals surface area contributed by atoms with Crippen LogP contribution in [0.5, 0.6) is 0 Å². The summed E-state index contributed by atoms with van der Waals surface area (Å²) in [5, 5.41) is 0. The van der Waals surface area contributed by atoms with Crippen LogP contribution in [-0.2, 0) is 28.6 Å². The molecule has 0 radical (unpaired) electrons. The Hall–Kier alpha value is -2.89. The third-order valence-electron chi connectivity index (χ3n) is 13.7. The highest BCUT2D eigenvalue weighted by Gasteiger charge is 2.19. The number of allylic oxidation sites excluding steroid dienone is 10. The summed E-state index contributed by atoms with van der Waals surface area (Å²) < 4.78 is 16.9. The lowest BCUT2D eigenvalue weighted by molar-refractivity contribution is -0.167. The molecule has 0 aliphatic rings. The number of esters is 3. The molecule has 0 N–H and O–H groups in total. The van der Waals surface area contributed by atoms with Crippen molar-refractivity contribution < 1.29 is 28.6 Å². The van der Waals surface area contributed by atoms with E-state index in [1.54, 1.807) is 0 Å². The van der Waals surface area contributed by atoms with Crippen molar-refractivity contribution in [2.24, 2.45) is 0 Å². The lowest BCUT2D eigenvalue weighted by Gasteiger charge is -2.18. The fourth-order valence-corrected chi connectivity index (χ4v) is 9.01. The Morgan fingerprint density at radius 3 is 0.778 bits per heavy atom. The highest BCUT2D eigenvalue weighted by Crippen LogP contribution is 2.16. The van der Waals surface area contributed by atoms with Gasteiger partial charge in [-0.05, 0) is 89.9 Å². The average Bonchev–Trinajstić information content (AvgIpc) is 3.38. The van der Waals surface area contributed by atoms with E-state index >= 15 is 0 Å². The van der Waals surface area contributed by atoms with Gasteiger partial charge < -0.3 is 14.2 Å². The molecule has 418 valence electrons. The van der Waals surface area contributed by atoms with Crippen LogP contribution in [0.1, 0.15) is 323 Å². The number of carbonyl (C=O) groups is 3. The highest BCUT2D eigenvalue weighted by atomic mass is 16.6. The van der Waals surface area contributed by atoms with E-state index in [1.807, 2.05) is 0 Å². The van der Waals surface area contributed by atoms with E-state index < -0.39 is 6.10 Å². The van der Waals surface area contributed by atoms with Crippen LogP contribution < -0.4 is 0 Å². The van der Waals surface area contributed by atoms with Crippen molar-refractivity contribution in [1.29, 1.82) is 0 Å². The zero-order valence-electron chi connectivity index (χ0n) is 47.9. The van der Waals surface area contributed by atoms with Gasteiger partial charge in [-0.1, -0.05) is 274 Å². The molecule has 1 unspecified atom stereocenters. The topological polar surface area (TPSA) is 78.9 Å². The number of carbonyl (C=O) groups excluding carboxylic acids is 3. The number of hydrogen-bond acceptors (Lipinski definition) is 6. The summed E-state index contributed by atoms with van der Waals surface area (Å²) in [6.45, 7) is 6.61. The van der Waals surface area contributed by atoms with Crippen LogP contribution in [0.4, 0.5) is 0 Å². The molecule has 0 spiro atoms. The molecule has 6 nitrogen and oxygen atoms in total. The fraction of sp³-hybridized carbons (Fsp3) is 0.803. The van der Waals surface area contributed by atoms with Crippen molar-refractivity contribution in [2.75, 3.05) is 13.2 Å². The quantitative estimate of drug-likeness (QED) is 0.0261. The van der Waals surface area contributed by atoms with Gasteiger partial charge in [0.2, 0.25) is 0 Å². The fourth-order valence-electron chi connectivity index (χ4n) is 9.01. The van der Waals surface area contributed by atoms with Gasteiger partial charge in [-0.15, -0.1) is 0 Å². The molecule has 1 atom stereocenters. The van der Waals surface area contributed by atoms with Crippen molar-refractivity contribution >= 4 is 17.9 Å². The molecule has 72 heavy (non-hydrogen) atoms. The molecular formula is C66H118O6. The molecule has 0 saturated heterocycles. The average molecular weight is 1010 g/mol. The second-order valence-electron chi connectivity index (χ2n) is 21.0. The Balaban J connectivity index is 4.20. The maximum absolute atomic E-state index is 12.9. The standard InChI is InChI=1S/C66H118O6/c1-4-7-10-13-16-19-21-23-25-27-29-31-33-35-37-39-41-43-45-47-50-53-56-59-65(68)71-62-63(61-70-64(67)58-55-52-49-18-15-12-9-6-3)72-66(69)60-57-54-51-48-46-44-42-40-38-36-34-32-30-28-26-24-22-20-17-14-11-8-5-2/h21-24,27-30,33,35,63H,4-20,25-26,31-32,34,36-62H2,1-3H3/b23-21-,24-22-,29-27-,30-28-,35-33-. The number of hydrogen-bond donors (Lipinski definition) is 0. The maximum atomic E-state index is 12.9.